The molecule has 2 fully saturated rings. The second-order valence-electron chi connectivity index (χ2n) is 12.1. The van der Waals surface area contributed by atoms with Crippen LogP contribution in [0.1, 0.15) is 78.8 Å². The predicted molar refractivity (Wildman–Crippen MR) is 171 cm³/mol. The molecule has 0 radical (unpaired) electrons. The predicted octanol–water partition coefficient (Wildman–Crippen LogP) is 8.14. The number of hydrogen-bond acceptors (Lipinski definition) is 3. The topological polar surface area (TPSA) is 71.8 Å². The zero-order valence-corrected chi connectivity index (χ0v) is 24.6. The molecule has 220 valence electrons. The summed E-state index contributed by atoms with van der Waals surface area (Å²) in [6.07, 6.45) is 13.0. The van der Waals surface area contributed by atoms with Crippen LogP contribution in [0.25, 0.3) is 39.4 Å². The molecule has 3 heterocycles. The number of piperidine rings is 1. The van der Waals surface area contributed by atoms with Crippen LogP contribution in [0.5, 0.6) is 5.75 Å². The van der Waals surface area contributed by atoms with Crippen LogP contribution in [0.15, 0.2) is 66.7 Å². The SMILES string of the molecule is O=C(O)c1ccc2c(C3CCCCC3)c3n(c2c1)CCOc1c(-c2ccccc2C=CC(=O)N2CCCCC2)cccc1-3. The van der Waals surface area contributed by atoms with Crippen molar-refractivity contribution in [2.75, 3.05) is 19.7 Å². The summed E-state index contributed by atoms with van der Waals surface area (Å²) in [6, 6.07) is 20.2. The largest absolute Gasteiger partial charge is 0.490 e. The fourth-order valence-electron chi connectivity index (χ4n) is 7.43. The number of nitrogens with zero attached hydrogens (tertiary/aromatic N) is 2. The number of carbonyl (C=O) groups is 2. The number of ether oxygens (including phenoxy) is 1. The average Bonchev–Trinajstić information content (AvgIpc) is 3.25. The van der Waals surface area contributed by atoms with Crippen LogP contribution < -0.4 is 4.74 Å². The van der Waals surface area contributed by atoms with E-state index in [-0.39, 0.29) is 5.91 Å². The molecule has 43 heavy (non-hydrogen) atoms. The molecule has 6 nitrogen and oxygen atoms in total. The molecule has 1 saturated carbocycles. The Labute approximate surface area is 252 Å². The number of carbonyl (C=O) groups excluding carboxylic acids is 1. The van der Waals surface area contributed by atoms with E-state index in [1.165, 1.54) is 31.2 Å². The first-order valence-electron chi connectivity index (χ1n) is 15.8. The lowest BCUT2D eigenvalue weighted by Crippen LogP contribution is -2.34. The third kappa shape index (κ3) is 5.13. The monoisotopic (exact) mass is 574 g/mol. The second-order valence-corrected chi connectivity index (χ2v) is 12.1. The Bertz CT molecular complexity index is 1720. The van der Waals surface area contributed by atoms with Gasteiger partial charge >= 0.3 is 5.97 Å². The molecule has 1 aromatic heterocycles. The Morgan fingerprint density at radius 2 is 1.56 bits per heavy atom. The highest BCUT2D eigenvalue weighted by molar-refractivity contribution is 6.00. The number of hydrogen-bond donors (Lipinski definition) is 1. The fourth-order valence-corrected chi connectivity index (χ4v) is 7.43. The fraction of sp³-hybridized carbons (Fsp3) is 0.351. The van der Waals surface area contributed by atoms with Gasteiger partial charge in [0.05, 0.1) is 17.8 Å². The number of carboxylic acid groups (broad SMARTS) is 1. The summed E-state index contributed by atoms with van der Waals surface area (Å²) in [5.74, 6) is 0.434. The van der Waals surface area contributed by atoms with Gasteiger partial charge in [0.2, 0.25) is 5.91 Å². The van der Waals surface area contributed by atoms with Gasteiger partial charge in [0.15, 0.2) is 0 Å². The van der Waals surface area contributed by atoms with Crippen LogP contribution in [0.2, 0.25) is 0 Å². The Hall–Kier alpha value is -4.32. The number of rotatable bonds is 5. The van der Waals surface area contributed by atoms with Crippen LogP contribution in [-0.4, -0.2) is 46.1 Å². The van der Waals surface area contributed by atoms with Gasteiger partial charge in [-0.1, -0.05) is 61.7 Å². The van der Waals surface area contributed by atoms with Crippen molar-refractivity contribution < 1.29 is 19.4 Å². The number of amides is 1. The molecule has 0 spiro atoms. The van der Waals surface area contributed by atoms with Crippen molar-refractivity contribution in [1.29, 1.82) is 0 Å². The second kappa shape index (κ2) is 11.8. The summed E-state index contributed by atoms with van der Waals surface area (Å²) < 4.78 is 8.88. The van der Waals surface area contributed by atoms with Crippen molar-refractivity contribution in [3.8, 4) is 28.1 Å². The lowest BCUT2D eigenvalue weighted by atomic mass is 9.81. The first-order chi connectivity index (χ1) is 21.1. The molecular formula is C37H38N2O4. The van der Waals surface area contributed by atoms with Crippen LogP contribution in [0.3, 0.4) is 0 Å². The number of para-hydroxylation sites is 1. The maximum absolute atomic E-state index is 12.9. The Morgan fingerprint density at radius 1 is 0.814 bits per heavy atom. The molecular weight excluding hydrogens is 536 g/mol. The van der Waals surface area contributed by atoms with Gasteiger partial charge in [0, 0.05) is 41.2 Å². The molecule has 4 aromatic rings. The number of benzene rings is 3. The number of aromatic nitrogens is 1. The molecule has 1 saturated heterocycles. The zero-order valence-electron chi connectivity index (χ0n) is 24.6. The van der Waals surface area contributed by atoms with Crippen LogP contribution in [0, 0.1) is 0 Å². The van der Waals surface area contributed by atoms with Gasteiger partial charge in [0.1, 0.15) is 12.4 Å². The summed E-state index contributed by atoms with van der Waals surface area (Å²) in [6.45, 7) is 2.78. The van der Waals surface area contributed by atoms with E-state index in [0.717, 1.165) is 83.4 Å². The summed E-state index contributed by atoms with van der Waals surface area (Å²) in [7, 11) is 0. The van der Waals surface area contributed by atoms with Crippen LogP contribution >= 0.6 is 0 Å². The average molecular weight is 575 g/mol. The number of aromatic carboxylic acids is 1. The Morgan fingerprint density at radius 3 is 2.37 bits per heavy atom. The van der Waals surface area contributed by atoms with Crippen molar-refractivity contribution in [2.45, 2.75) is 63.8 Å². The smallest absolute Gasteiger partial charge is 0.335 e. The van der Waals surface area contributed by atoms with Gasteiger partial charge < -0.3 is 19.3 Å². The molecule has 1 N–H and O–H groups in total. The van der Waals surface area contributed by atoms with E-state index >= 15 is 0 Å². The van der Waals surface area contributed by atoms with E-state index in [1.54, 1.807) is 12.1 Å². The standard InChI is InChI=1S/C37H38N2O4/c40-33(38-20-7-2-8-21-38)19-17-25-10-5-6-13-28(25)29-14-9-15-31-35-34(26-11-3-1-4-12-26)30-18-16-27(37(41)42)24-32(30)39(35)22-23-43-36(29)31/h5-6,9-10,13-19,24,26H,1-4,7-8,11-12,20-23H2,(H,41,42). The number of carboxylic acids is 1. The normalized spacial score (nSPS) is 17.3. The highest BCUT2D eigenvalue weighted by atomic mass is 16.5. The summed E-state index contributed by atoms with van der Waals surface area (Å²) in [5.41, 5.74) is 7.82. The van der Waals surface area contributed by atoms with Gasteiger partial charge in [0.25, 0.3) is 0 Å². The summed E-state index contributed by atoms with van der Waals surface area (Å²) in [4.78, 5) is 26.8. The van der Waals surface area contributed by atoms with Crippen LogP contribution in [-0.2, 0) is 11.3 Å². The first kappa shape index (κ1) is 27.5. The molecule has 7 rings (SSSR count). The highest BCUT2D eigenvalue weighted by Crippen LogP contribution is 2.49. The van der Waals surface area contributed by atoms with Crippen molar-refractivity contribution in [3.05, 3.63) is 83.4 Å². The van der Waals surface area contributed by atoms with E-state index in [2.05, 4.69) is 34.9 Å². The zero-order chi connectivity index (χ0) is 29.3. The maximum Gasteiger partial charge on any atom is 0.335 e. The third-order valence-corrected chi connectivity index (χ3v) is 9.52. The molecule has 0 atom stereocenters. The Kier molecular flexibility index (Phi) is 7.52. The minimum Gasteiger partial charge on any atom is -0.490 e. The van der Waals surface area contributed by atoms with Crippen LogP contribution in [0.4, 0.5) is 0 Å². The molecule has 6 heteroatoms. The van der Waals surface area contributed by atoms with Crippen molar-refractivity contribution in [1.82, 2.24) is 9.47 Å². The molecule has 0 unspecified atom stereocenters. The quantitative estimate of drug-likeness (QED) is 0.244. The minimum absolute atomic E-state index is 0.0695. The van der Waals surface area contributed by atoms with Gasteiger partial charge in [-0.15, -0.1) is 0 Å². The molecule has 2 aliphatic heterocycles. The van der Waals surface area contributed by atoms with E-state index in [0.29, 0.717) is 24.6 Å². The molecule has 3 aromatic carbocycles. The lowest BCUT2D eigenvalue weighted by Gasteiger charge is -2.25. The third-order valence-electron chi connectivity index (χ3n) is 9.52. The number of likely N-dealkylation sites (tertiary alicyclic amines) is 1. The number of fused-ring (bicyclic) bond motifs is 5. The van der Waals surface area contributed by atoms with Gasteiger partial charge in [-0.2, -0.15) is 0 Å². The summed E-state index contributed by atoms with van der Waals surface area (Å²) in [5, 5.41) is 11.0. The molecule has 1 aliphatic carbocycles. The van der Waals surface area contributed by atoms with E-state index in [4.69, 9.17) is 4.74 Å². The van der Waals surface area contributed by atoms with E-state index in [9.17, 15) is 14.7 Å². The van der Waals surface area contributed by atoms with Crippen molar-refractivity contribution in [2.24, 2.45) is 0 Å². The van der Waals surface area contributed by atoms with Gasteiger partial charge in [-0.25, -0.2) is 4.79 Å². The van der Waals surface area contributed by atoms with Gasteiger partial charge in [-0.05, 0) is 79.0 Å². The molecule has 3 aliphatic rings. The van der Waals surface area contributed by atoms with Crippen molar-refractivity contribution in [3.63, 3.8) is 0 Å². The van der Waals surface area contributed by atoms with Gasteiger partial charge in [-0.3, -0.25) is 4.79 Å². The Balaban J connectivity index is 1.37. The molecule has 0 bridgehead atoms. The van der Waals surface area contributed by atoms with E-state index in [1.807, 2.05) is 35.2 Å². The first-order valence-corrected chi connectivity index (χ1v) is 15.8. The van der Waals surface area contributed by atoms with E-state index < -0.39 is 5.97 Å². The molecule has 1 amide bonds. The van der Waals surface area contributed by atoms with Crippen molar-refractivity contribution >= 4 is 28.9 Å². The summed E-state index contributed by atoms with van der Waals surface area (Å²) >= 11 is 0. The minimum atomic E-state index is -0.910. The maximum atomic E-state index is 12.9. The highest BCUT2D eigenvalue weighted by Gasteiger charge is 2.30. The lowest BCUT2D eigenvalue weighted by molar-refractivity contribution is -0.126.